The molecule has 3 nitrogen and oxygen atoms in total. The van der Waals surface area contributed by atoms with Gasteiger partial charge in [-0.2, -0.15) is 0 Å². The predicted octanol–water partition coefficient (Wildman–Crippen LogP) is 1.76. The molecule has 0 radical (unpaired) electrons. The topological polar surface area (TPSA) is 43.8 Å². The highest BCUT2D eigenvalue weighted by Gasteiger charge is 2.01. The Balaban J connectivity index is 2.25. The van der Waals surface area contributed by atoms with E-state index < -0.39 is 0 Å². The van der Waals surface area contributed by atoms with Crippen molar-refractivity contribution in [2.75, 3.05) is 6.54 Å². The average Bonchev–Trinajstić information content (AvgIpc) is 2.75. The third-order valence-electron chi connectivity index (χ3n) is 2.39. The highest BCUT2D eigenvalue weighted by Crippen LogP contribution is 2.12. The summed E-state index contributed by atoms with van der Waals surface area (Å²) in [4.78, 5) is 4.12. The Morgan fingerprint density at radius 2 is 2.20 bits per heavy atom. The number of rotatable bonds is 4. The largest absolute Gasteiger partial charge is 0.330 e. The number of aromatic nitrogens is 2. The molecule has 78 valence electrons. The maximum absolute atomic E-state index is 5.51. The Kier molecular flexibility index (Phi) is 3.15. The molecule has 0 unspecified atom stereocenters. The summed E-state index contributed by atoms with van der Waals surface area (Å²) in [6, 6.07) is 8.18. The van der Waals surface area contributed by atoms with Crippen molar-refractivity contribution in [1.82, 2.24) is 9.55 Å². The van der Waals surface area contributed by atoms with Crippen molar-refractivity contribution in [3.63, 3.8) is 0 Å². The molecule has 0 atom stereocenters. The third-order valence-corrected chi connectivity index (χ3v) is 2.39. The Bertz CT molecular complexity index is 406. The lowest BCUT2D eigenvalue weighted by molar-refractivity contribution is 0.788. The van der Waals surface area contributed by atoms with Gasteiger partial charge in [0.2, 0.25) is 0 Å². The molecule has 0 aliphatic rings. The highest BCUT2D eigenvalue weighted by atomic mass is 15.0. The zero-order valence-electron chi connectivity index (χ0n) is 8.63. The van der Waals surface area contributed by atoms with Crippen LogP contribution in [0.25, 0.3) is 5.69 Å². The van der Waals surface area contributed by atoms with Crippen LogP contribution in [0.15, 0.2) is 42.9 Å². The van der Waals surface area contributed by atoms with Gasteiger partial charge in [0.1, 0.15) is 0 Å². The lowest BCUT2D eigenvalue weighted by Gasteiger charge is -2.07. The number of hydrogen-bond acceptors (Lipinski definition) is 2. The second kappa shape index (κ2) is 4.75. The van der Waals surface area contributed by atoms with Gasteiger partial charge in [-0.1, -0.05) is 0 Å². The quantitative estimate of drug-likeness (QED) is 0.819. The van der Waals surface area contributed by atoms with Crippen LogP contribution in [0, 0.1) is 0 Å². The molecule has 2 aromatic heterocycles. The molecule has 2 aromatic rings. The van der Waals surface area contributed by atoms with Crippen molar-refractivity contribution in [3.8, 4) is 5.69 Å². The number of nitrogens with zero attached hydrogens (tertiary/aromatic N) is 2. The maximum Gasteiger partial charge on any atom is 0.0635 e. The molecule has 0 amide bonds. The molecule has 15 heavy (non-hydrogen) atoms. The first-order chi connectivity index (χ1) is 7.42. The summed E-state index contributed by atoms with van der Waals surface area (Å²) >= 11 is 0. The summed E-state index contributed by atoms with van der Waals surface area (Å²) in [5, 5.41) is 0. The molecule has 0 saturated heterocycles. The normalized spacial score (nSPS) is 10.5. The minimum absolute atomic E-state index is 0.734. The summed E-state index contributed by atoms with van der Waals surface area (Å²) in [5.74, 6) is 0. The molecule has 2 heterocycles. The Labute approximate surface area is 89.6 Å². The molecular formula is C12H15N3. The maximum atomic E-state index is 5.51. The zero-order valence-corrected chi connectivity index (χ0v) is 8.63. The number of aryl methyl sites for hydroxylation is 1. The van der Waals surface area contributed by atoms with Crippen LogP contribution in [0.3, 0.4) is 0 Å². The van der Waals surface area contributed by atoms with Gasteiger partial charge in [-0.05, 0) is 43.7 Å². The van der Waals surface area contributed by atoms with E-state index in [4.69, 9.17) is 5.73 Å². The monoisotopic (exact) mass is 201 g/mol. The van der Waals surface area contributed by atoms with Crippen molar-refractivity contribution in [1.29, 1.82) is 0 Å². The molecule has 0 saturated carbocycles. The van der Waals surface area contributed by atoms with Crippen molar-refractivity contribution in [2.24, 2.45) is 5.73 Å². The minimum atomic E-state index is 0.734. The first-order valence-electron chi connectivity index (χ1n) is 5.18. The average molecular weight is 201 g/mol. The van der Waals surface area contributed by atoms with Crippen LogP contribution in [-0.4, -0.2) is 16.1 Å². The smallest absolute Gasteiger partial charge is 0.0635 e. The summed E-state index contributed by atoms with van der Waals surface area (Å²) in [7, 11) is 0. The van der Waals surface area contributed by atoms with Crippen molar-refractivity contribution in [3.05, 3.63) is 48.5 Å². The molecular weight excluding hydrogens is 186 g/mol. The molecule has 2 N–H and O–H groups in total. The van der Waals surface area contributed by atoms with E-state index in [1.165, 1.54) is 5.69 Å². The van der Waals surface area contributed by atoms with E-state index in [1.807, 2.05) is 12.3 Å². The van der Waals surface area contributed by atoms with Crippen LogP contribution in [0.1, 0.15) is 12.1 Å². The van der Waals surface area contributed by atoms with Gasteiger partial charge < -0.3 is 10.3 Å². The lowest BCUT2D eigenvalue weighted by atomic mass is 10.2. The molecule has 0 spiro atoms. The second-order valence-corrected chi connectivity index (χ2v) is 3.47. The zero-order chi connectivity index (χ0) is 10.5. The van der Waals surface area contributed by atoms with Gasteiger partial charge in [0.05, 0.1) is 11.9 Å². The summed E-state index contributed by atoms with van der Waals surface area (Å²) in [6.07, 6.45) is 7.74. The van der Waals surface area contributed by atoms with Gasteiger partial charge in [0.25, 0.3) is 0 Å². The van der Waals surface area contributed by atoms with Crippen molar-refractivity contribution < 1.29 is 0 Å². The number of nitrogens with two attached hydrogens (primary N) is 1. The van der Waals surface area contributed by atoms with Crippen molar-refractivity contribution >= 4 is 0 Å². The van der Waals surface area contributed by atoms with Gasteiger partial charge in [-0.3, -0.25) is 4.98 Å². The summed E-state index contributed by atoms with van der Waals surface area (Å²) in [6.45, 7) is 0.734. The minimum Gasteiger partial charge on any atom is -0.330 e. The molecule has 2 rings (SSSR count). The summed E-state index contributed by atoms with van der Waals surface area (Å²) in [5.41, 5.74) is 7.90. The Hall–Kier alpha value is -1.61. The Morgan fingerprint density at radius 1 is 1.27 bits per heavy atom. The second-order valence-electron chi connectivity index (χ2n) is 3.47. The first kappa shape index (κ1) is 9.93. The van der Waals surface area contributed by atoms with Crippen LogP contribution in [0.2, 0.25) is 0 Å². The number of pyridine rings is 1. The van der Waals surface area contributed by atoms with Gasteiger partial charge in [0, 0.05) is 18.1 Å². The molecule has 0 aromatic carbocycles. The van der Waals surface area contributed by atoms with Crippen molar-refractivity contribution in [2.45, 2.75) is 12.8 Å². The van der Waals surface area contributed by atoms with E-state index in [2.05, 4.69) is 33.9 Å². The van der Waals surface area contributed by atoms with Crippen LogP contribution >= 0.6 is 0 Å². The van der Waals surface area contributed by atoms with Gasteiger partial charge in [-0.25, -0.2) is 0 Å². The van der Waals surface area contributed by atoms with Gasteiger partial charge >= 0.3 is 0 Å². The van der Waals surface area contributed by atoms with Crippen LogP contribution in [0.5, 0.6) is 0 Å². The highest BCUT2D eigenvalue weighted by molar-refractivity contribution is 5.31. The van der Waals surface area contributed by atoms with E-state index in [1.54, 1.807) is 6.20 Å². The van der Waals surface area contributed by atoms with Crippen LogP contribution in [-0.2, 0) is 6.42 Å². The van der Waals surface area contributed by atoms with E-state index >= 15 is 0 Å². The fourth-order valence-corrected chi connectivity index (χ4v) is 1.65. The molecule has 0 aliphatic carbocycles. The van der Waals surface area contributed by atoms with Gasteiger partial charge in [-0.15, -0.1) is 0 Å². The van der Waals surface area contributed by atoms with E-state index in [9.17, 15) is 0 Å². The molecule has 0 bridgehead atoms. The molecule has 0 aliphatic heterocycles. The van der Waals surface area contributed by atoms with Crippen LogP contribution in [0.4, 0.5) is 0 Å². The van der Waals surface area contributed by atoms with Gasteiger partial charge in [0.15, 0.2) is 0 Å². The number of hydrogen-bond donors (Lipinski definition) is 1. The fraction of sp³-hybridized carbons (Fsp3) is 0.250. The van der Waals surface area contributed by atoms with E-state index in [0.29, 0.717) is 0 Å². The molecule has 3 heteroatoms. The first-order valence-corrected chi connectivity index (χ1v) is 5.18. The standard InChI is InChI=1S/C12H15N3/c13-7-1-4-11-6-3-9-15(11)12-5-2-8-14-10-12/h2-3,5-6,8-10H,1,4,7,13H2. The summed E-state index contributed by atoms with van der Waals surface area (Å²) < 4.78 is 2.16. The SMILES string of the molecule is NCCCc1cccn1-c1cccnc1. The molecule has 0 fully saturated rings. The van der Waals surface area contributed by atoms with E-state index in [-0.39, 0.29) is 0 Å². The lowest BCUT2D eigenvalue weighted by Crippen LogP contribution is -2.04. The predicted molar refractivity (Wildman–Crippen MR) is 60.9 cm³/mol. The fourth-order valence-electron chi connectivity index (χ4n) is 1.65. The Morgan fingerprint density at radius 3 is 2.93 bits per heavy atom. The third kappa shape index (κ3) is 2.25. The van der Waals surface area contributed by atoms with Crippen LogP contribution < -0.4 is 5.73 Å². The van der Waals surface area contributed by atoms with E-state index in [0.717, 1.165) is 25.1 Å².